The van der Waals surface area contributed by atoms with Crippen molar-refractivity contribution in [3.8, 4) is 0 Å². The number of carbonyl (C=O) groups is 1. The van der Waals surface area contributed by atoms with Crippen LogP contribution in [0, 0.1) is 0 Å². The van der Waals surface area contributed by atoms with Crippen molar-refractivity contribution in [3.63, 3.8) is 0 Å². The van der Waals surface area contributed by atoms with E-state index in [2.05, 4.69) is 4.74 Å². The molecule has 0 bridgehead atoms. The zero-order valence-corrected chi connectivity index (χ0v) is 10.7. The molecule has 3 aromatic rings. The van der Waals surface area contributed by atoms with E-state index < -0.39 is 0 Å². The van der Waals surface area contributed by atoms with E-state index in [0.717, 1.165) is 10.8 Å². The Bertz CT molecular complexity index is 728. The Morgan fingerprint density at radius 1 is 1.05 bits per heavy atom. The van der Waals surface area contributed by atoms with Gasteiger partial charge in [0.15, 0.2) is 5.43 Å². The lowest BCUT2D eigenvalue weighted by Gasteiger charge is -1.99. The minimum atomic E-state index is -0.381. The smallest absolute Gasteiger partial charge is 0.339 e. The van der Waals surface area contributed by atoms with Gasteiger partial charge >= 0.3 is 5.97 Å². The molecule has 0 amide bonds. The minimum absolute atomic E-state index is 0.0757. The van der Waals surface area contributed by atoms with Crippen LogP contribution in [0.1, 0.15) is 10.4 Å². The van der Waals surface area contributed by atoms with Crippen LogP contribution < -0.4 is 16.9 Å². The molecule has 5 heteroatoms. The second-order valence-electron chi connectivity index (χ2n) is 4.06. The molecule has 0 aliphatic rings. The fraction of sp³-hybridized carbons (Fsp3) is 0.0667. The molecule has 0 aromatic heterocycles. The molecule has 20 heavy (non-hydrogen) atoms. The molecule has 0 heterocycles. The number of hydrogen-bond donors (Lipinski definition) is 2. The second-order valence-corrected chi connectivity index (χ2v) is 4.06. The maximum Gasteiger partial charge on any atom is 0.339 e. The van der Waals surface area contributed by atoms with Gasteiger partial charge in [-0.3, -0.25) is 10.5 Å². The minimum Gasteiger partial charge on any atom is -0.446 e. The molecular weight excluding hydrogens is 256 g/mol. The molecule has 0 spiro atoms. The zero-order chi connectivity index (χ0) is 14.5. The van der Waals surface area contributed by atoms with Crippen molar-refractivity contribution in [2.75, 3.05) is 12.5 Å². The van der Waals surface area contributed by atoms with Crippen molar-refractivity contribution in [1.29, 1.82) is 0 Å². The number of benzene rings is 2. The van der Waals surface area contributed by atoms with Crippen LogP contribution in [0.3, 0.4) is 0 Å². The first kappa shape index (κ1) is 13.8. The Morgan fingerprint density at radius 3 is 2.30 bits per heavy atom. The van der Waals surface area contributed by atoms with Gasteiger partial charge in [-0.05, 0) is 18.2 Å². The molecular formula is C15H14N2O3. The molecule has 0 aliphatic carbocycles. The SMILES string of the molecule is NCOC(=O)c1ccccc1.Nc1cccc2c(=O)c12. The van der Waals surface area contributed by atoms with E-state index in [0.29, 0.717) is 11.3 Å². The van der Waals surface area contributed by atoms with E-state index in [4.69, 9.17) is 11.5 Å². The topological polar surface area (TPSA) is 95.4 Å². The predicted molar refractivity (Wildman–Crippen MR) is 77.9 cm³/mol. The van der Waals surface area contributed by atoms with Crippen LogP contribution in [0.5, 0.6) is 0 Å². The molecule has 0 atom stereocenters. The quantitative estimate of drug-likeness (QED) is 0.417. The normalized spacial score (nSPS) is 10.1. The standard InChI is InChI=1S/C8H9NO2.C7H5NO/c9-6-11-8(10)7-4-2-1-3-5-7;8-5-3-1-2-4-6(5)7(4)9/h1-5H,6,9H2;1-3H,8H2. The first-order chi connectivity index (χ1) is 9.65. The van der Waals surface area contributed by atoms with Crippen LogP contribution in [-0.4, -0.2) is 12.7 Å². The van der Waals surface area contributed by atoms with E-state index in [1.807, 2.05) is 6.07 Å². The molecule has 0 saturated heterocycles. The first-order valence-corrected chi connectivity index (χ1v) is 6.00. The third-order valence-electron chi connectivity index (χ3n) is 2.73. The summed E-state index contributed by atoms with van der Waals surface area (Å²) in [5.74, 6) is -0.381. The fourth-order valence-electron chi connectivity index (χ4n) is 1.69. The molecule has 0 fully saturated rings. The summed E-state index contributed by atoms with van der Waals surface area (Å²) in [4.78, 5) is 21.6. The first-order valence-electron chi connectivity index (χ1n) is 6.00. The van der Waals surface area contributed by atoms with Crippen LogP contribution in [-0.2, 0) is 4.74 Å². The van der Waals surface area contributed by atoms with Gasteiger partial charge in [0.1, 0.15) is 6.73 Å². The van der Waals surface area contributed by atoms with Gasteiger partial charge < -0.3 is 10.5 Å². The Labute approximate surface area is 115 Å². The number of rotatable bonds is 2. The number of ether oxygens (including phenoxy) is 1. The van der Waals surface area contributed by atoms with Gasteiger partial charge in [-0.1, -0.05) is 30.3 Å². The van der Waals surface area contributed by atoms with E-state index in [1.54, 1.807) is 42.5 Å². The van der Waals surface area contributed by atoms with E-state index in [-0.39, 0.29) is 18.1 Å². The average molecular weight is 270 g/mol. The Balaban J connectivity index is 0.000000149. The number of anilines is 1. The average Bonchev–Trinajstić information content (AvgIpc) is 3.13. The van der Waals surface area contributed by atoms with Crippen LogP contribution >= 0.6 is 0 Å². The monoisotopic (exact) mass is 270 g/mol. The number of nitrogens with two attached hydrogens (primary N) is 2. The zero-order valence-electron chi connectivity index (χ0n) is 10.7. The lowest BCUT2D eigenvalue weighted by molar-refractivity contribution is 0.0515. The summed E-state index contributed by atoms with van der Waals surface area (Å²) >= 11 is 0. The molecule has 3 aromatic carbocycles. The highest BCUT2D eigenvalue weighted by Gasteiger charge is 2.12. The lowest BCUT2D eigenvalue weighted by Crippen LogP contribution is -2.11. The fourth-order valence-corrected chi connectivity index (χ4v) is 1.69. The largest absolute Gasteiger partial charge is 0.446 e. The van der Waals surface area contributed by atoms with Gasteiger partial charge in [-0.25, -0.2) is 4.79 Å². The van der Waals surface area contributed by atoms with Crippen molar-refractivity contribution < 1.29 is 9.53 Å². The molecule has 0 saturated carbocycles. The summed E-state index contributed by atoms with van der Waals surface area (Å²) in [6.45, 7) is -0.0757. The van der Waals surface area contributed by atoms with E-state index in [1.165, 1.54) is 0 Å². The number of esters is 1. The number of carbonyl (C=O) groups excluding carboxylic acids is 1. The second kappa shape index (κ2) is 5.99. The van der Waals surface area contributed by atoms with Gasteiger partial charge in [0.25, 0.3) is 0 Å². The van der Waals surface area contributed by atoms with Gasteiger partial charge in [0.05, 0.1) is 10.9 Å². The summed E-state index contributed by atoms with van der Waals surface area (Å²) < 4.78 is 4.57. The van der Waals surface area contributed by atoms with Crippen molar-refractivity contribution in [1.82, 2.24) is 0 Å². The lowest BCUT2D eigenvalue weighted by atomic mass is 10.2. The highest BCUT2D eigenvalue weighted by Crippen LogP contribution is 2.20. The van der Waals surface area contributed by atoms with Gasteiger partial charge in [-0.15, -0.1) is 0 Å². The number of nitrogen functional groups attached to an aromatic ring is 1. The summed E-state index contributed by atoms with van der Waals surface area (Å²) in [5.41, 5.74) is 11.7. The molecule has 0 aliphatic heterocycles. The maximum atomic E-state index is 10.9. The predicted octanol–water partition coefficient (Wildman–Crippen LogP) is 1.42. The van der Waals surface area contributed by atoms with E-state index >= 15 is 0 Å². The van der Waals surface area contributed by atoms with Crippen LogP contribution in [0.15, 0.2) is 53.3 Å². The summed E-state index contributed by atoms with van der Waals surface area (Å²) in [7, 11) is 0. The highest BCUT2D eigenvalue weighted by molar-refractivity contribution is 6.05. The summed E-state index contributed by atoms with van der Waals surface area (Å²) in [6, 6.07) is 14.0. The van der Waals surface area contributed by atoms with Crippen molar-refractivity contribution in [2.24, 2.45) is 5.73 Å². The van der Waals surface area contributed by atoms with Crippen molar-refractivity contribution in [3.05, 3.63) is 64.3 Å². The van der Waals surface area contributed by atoms with Crippen molar-refractivity contribution >= 4 is 22.4 Å². The van der Waals surface area contributed by atoms with E-state index in [9.17, 15) is 9.59 Å². The van der Waals surface area contributed by atoms with Crippen LogP contribution in [0.25, 0.3) is 10.8 Å². The van der Waals surface area contributed by atoms with Crippen molar-refractivity contribution in [2.45, 2.75) is 0 Å². The Kier molecular flexibility index (Phi) is 4.12. The highest BCUT2D eigenvalue weighted by atomic mass is 16.5. The van der Waals surface area contributed by atoms with Gasteiger partial charge in [0.2, 0.25) is 0 Å². The molecule has 5 nitrogen and oxygen atoms in total. The third-order valence-corrected chi connectivity index (χ3v) is 2.73. The molecule has 0 radical (unpaired) electrons. The Morgan fingerprint density at radius 2 is 1.75 bits per heavy atom. The summed E-state index contributed by atoms with van der Waals surface area (Å²) in [6.07, 6.45) is 0. The van der Waals surface area contributed by atoms with Gasteiger partial charge in [-0.2, -0.15) is 0 Å². The maximum absolute atomic E-state index is 10.9. The van der Waals surface area contributed by atoms with Gasteiger partial charge in [0, 0.05) is 11.1 Å². The Hall–Kier alpha value is -2.66. The molecule has 102 valence electrons. The molecule has 4 N–H and O–H groups in total. The summed E-state index contributed by atoms with van der Waals surface area (Å²) in [5, 5.41) is 1.51. The molecule has 3 rings (SSSR count). The number of fused-ring (bicyclic) bond motifs is 1. The van der Waals surface area contributed by atoms with Crippen LogP contribution in [0.4, 0.5) is 5.69 Å². The van der Waals surface area contributed by atoms with Crippen LogP contribution in [0.2, 0.25) is 0 Å². The number of hydrogen-bond acceptors (Lipinski definition) is 5. The molecule has 0 unspecified atom stereocenters. The third kappa shape index (κ3) is 3.02.